The van der Waals surface area contributed by atoms with Crippen LogP contribution < -0.4 is 0 Å². The van der Waals surface area contributed by atoms with Gasteiger partial charge in [0.25, 0.3) is 0 Å². The summed E-state index contributed by atoms with van der Waals surface area (Å²) in [6.07, 6.45) is 7.61. The Morgan fingerprint density at radius 1 is 1.11 bits per heavy atom. The van der Waals surface area contributed by atoms with Gasteiger partial charge < -0.3 is 0 Å². The summed E-state index contributed by atoms with van der Waals surface area (Å²) in [6, 6.07) is 8.40. The molecule has 0 bridgehead atoms. The monoisotopic (exact) mass is 359 g/mol. The first-order valence-electron chi connectivity index (χ1n) is 9.85. The summed E-state index contributed by atoms with van der Waals surface area (Å²) in [5.41, 5.74) is 7.45. The molecule has 5 heteroatoms. The first-order valence-corrected chi connectivity index (χ1v) is 9.85. The lowest BCUT2D eigenvalue weighted by molar-refractivity contribution is 0.242. The number of hydrogen-bond acceptors (Lipinski definition) is 4. The molecule has 0 radical (unpaired) electrons. The quantitative estimate of drug-likeness (QED) is 0.712. The van der Waals surface area contributed by atoms with E-state index in [9.17, 15) is 0 Å². The second-order valence-corrected chi connectivity index (χ2v) is 7.89. The molecule has 1 fully saturated rings. The highest BCUT2D eigenvalue weighted by Gasteiger charge is 2.28. The molecule has 0 saturated heterocycles. The van der Waals surface area contributed by atoms with E-state index < -0.39 is 0 Å². The summed E-state index contributed by atoms with van der Waals surface area (Å²) in [7, 11) is 0. The molecule has 1 aliphatic heterocycles. The molecule has 2 aliphatic rings. The first kappa shape index (κ1) is 16.6. The lowest BCUT2D eigenvalue weighted by Crippen LogP contribution is -2.31. The van der Waals surface area contributed by atoms with Gasteiger partial charge in [-0.15, -0.1) is 0 Å². The lowest BCUT2D eigenvalue weighted by Gasteiger charge is -2.28. The van der Waals surface area contributed by atoms with E-state index in [2.05, 4.69) is 64.0 Å². The first-order chi connectivity index (χ1) is 13.2. The van der Waals surface area contributed by atoms with Crippen molar-refractivity contribution >= 4 is 0 Å². The van der Waals surface area contributed by atoms with Crippen LogP contribution in [0.25, 0.3) is 5.69 Å². The lowest BCUT2D eigenvalue weighted by atomic mass is 10.1. The molecule has 0 unspecified atom stereocenters. The zero-order valence-electron chi connectivity index (χ0n) is 16.0. The van der Waals surface area contributed by atoms with Gasteiger partial charge in [0, 0.05) is 60.7 Å². The number of hydrogen-bond donors (Lipinski definition) is 0. The largest absolute Gasteiger partial charge is 0.294 e. The predicted molar refractivity (Wildman–Crippen MR) is 105 cm³/mol. The number of aromatic nitrogens is 4. The average Bonchev–Trinajstić information content (AvgIpc) is 3.47. The predicted octanol–water partition coefficient (Wildman–Crippen LogP) is 3.71. The van der Waals surface area contributed by atoms with Crippen LogP contribution >= 0.6 is 0 Å². The minimum absolute atomic E-state index is 0.628. The minimum atomic E-state index is 0.628. The van der Waals surface area contributed by atoms with Crippen LogP contribution in [0.3, 0.4) is 0 Å². The van der Waals surface area contributed by atoms with Gasteiger partial charge in [0.05, 0.1) is 11.9 Å². The second kappa shape index (κ2) is 6.57. The fourth-order valence-corrected chi connectivity index (χ4v) is 3.95. The Morgan fingerprint density at radius 2 is 1.96 bits per heavy atom. The number of benzene rings is 1. The molecule has 0 N–H and O–H groups in total. The van der Waals surface area contributed by atoms with Gasteiger partial charge in [0.1, 0.15) is 5.82 Å². The molecule has 3 heterocycles. The molecule has 5 nitrogen and oxygen atoms in total. The van der Waals surface area contributed by atoms with E-state index in [-0.39, 0.29) is 0 Å². The summed E-state index contributed by atoms with van der Waals surface area (Å²) < 4.78 is 2.06. The molecule has 5 rings (SSSR count). The third kappa shape index (κ3) is 3.16. The Morgan fingerprint density at radius 3 is 2.78 bits per heavy atom. The molecule has 2 aromatic heterocycles. The van der Waals surface area contributed by atoms with Gasteiger partial charge in [-0.25, -0.2) is 14.6 Å². The van der Waals surface area contributed by atoms with Crippen LogP contribution in [0.5, 0.6) is 0 Å². The van der Waals surface area contributed by atoms with Gasteiger partial charge in [0.15, 0.2) is 0 Å². The highest BCUT2D eigenvalue weighted by Crippen LogP contribution is 2.38. The smallest absolute Gasteiger partial charge is 0.131 e. The van der Waals surface area contributed by atoms with Crippen molar-refractivity contribution in [3.8, 4) is 5.69 Å². The van der Waals surface area contributed by atoms with E-state index in [4.69, 9.17) is 4.98 Å². The van der Waals surface area contributed by atoms with Crippen LogP contribution in [0, 0.1) is 13.8 Å². The molecule has 1 aromatic carbocycles. The maximum atomic E-state index is 4.83. The van der Waals surface area contributed by atoms with Crippen molar-refractivity contribution in [3.63, 3.8) is 0 Å². The minimum Gasteiger partial charge on any atom is -0.294 e. The SMILES string of the molecule is Cc1ccccc1-n1ncc(CN2CCc3nc(C4CC4)ncc3C2)c1C. The molecule has 27 heavy (non-hydrogen) atoms. The van der Waals surface area contributed by atoms with Crippen LogP contribution in [0.1, 0.15) is 52.7 Å². The highest BCUT2D eigenvalue weighted by molar-refractivity contribution is 5.41. The molecule has 3 aromatic rings. The Bertz CT molecular complexity index is 986. The third-order valence-electron chi connectivity index (χ3n) is 5.82. The summed E-state index contributed by atoms with van der Waals surface area (Å²) in [6.45, 7) is 7.19. The van der Waals surface area contributed by atoms with E-state index >= 15 is 0 Å². The number of rotatable bonds is 4. The van der Waals surface area contributed by atoms with Crippen LogP contribution in [-0.4, -0.2) is 31.2 Å². The van der Waals surface area contributed by atoms with Crippen LogP contribution in [0.4, 0.5) is 0 Å². The molecule has 138 valence electrons. The maximum Gasteiger partial charge on any atom is 0.131 e. The Labute approximate surface area is 160 Å². The molecule has 0 amide bonds. The van der Waals surface area contributed by atoms with Crippen LogP contribution in [0.15, 0.2) is 36.7 Å². The van der Waals surface area contributed by atoms with Gasteiger partial charge in [-0.2, -0.15) is 5.10 Å². The molecule has 0 atom stereocenters. The zero-order valence-corrected chi connectivity index (χ0v) is 16.0. The van der Waals surface area contributed by atoms with Gasteiger partial charge >= 0.3 is 0 Å². The van der Waals surface area contributed by atoms with Gasteiger partial charge in [-0.05, 0) is 38.3 Å². The molecule has 0 spiro atoms. The number of nitrogens with zero attached hydrogens (tertiary/aromatic N) is 5. The van der Waals surface area contributed by atoms with Crippen molar-refractivity contribution < 1.29 is 0 Å². The highest BCUT2D eigenvalue weighted by atomic mass is 15.3. The summed E-state index contributed by atoms with van der Waals surface area (Å²) in [5, 5.41) is 4.66. The normalized spacial score (nSPS) is 17.1. The molecular weight excluding hydrogens is 334 g/mol. The van der Waals surface area contributed by atoms with Gasteiger partial charge in [0.2, 0.25) is 0 Å². The fourth-order valence-electron chi connectivity index (χ4n) is 3.95. The van der Waals surface area contributed by atoms with Crippen molar-refractivity contribution in [1.29, 1.82) is 0 Å². The van der Waals surface area contributed by atoms with Crippen molar-refractivity contribution in [1.82, 2.24) is 24.6 Å². The van der Waals surface area contributed by atoms with Gasteiger partial charge in [-0.3, -0.25) is 4.90 Å². The summed E-state index contributed by atoms with van der Waals surface area (Å²) >= 11 is 0. The van der Waals surface area contributed by atoms with Crippen molar-refractivity contribution in [2.24, 2.45) is 0 Å². The number of fused-ring (bicyclic) bond motifs is 1. The van der Waals surface area contributed by atoms with Gasteiger partial charge in [-0.1, -0.05) is 18.2 Å². The van der Waals surface area contributed by atoms with E-state index in [0.29, 0.717) is 5.92 Å². The topological polar surface area (TPSA) is 46.8 Å². The fraction of sp³-hybridized carbons (Fsp3) is 0.409. The summed E-state index contributed by atoms with van der Waals surface area (Å²) in [4.78, 5) is 11.9. The van der Waals surface area contributed by atoms with Crippen molar-refractivity contribution in [3.05, 3.63) is 70.6 Å². The maximum absolute atomic E-state index is 4.83. The van der Waals surface area contributed by atoms with E-state index in [1.165, 1.54) is 40.9 Å². The van der Waals surface area contributed by atoms with E-state index in [1.807, 2.05) is 6.20 Å². The van der Waals surface area contributed by atoms with Crippen molar-refractivity contribution in [2.75, 3.05) is 6.54 Å². The molecule has 1 aliphatic carbocycles. The molecule has 1 saturated carbocycles. The number of para-hydroxylation sites is 1. The average molecular weight is 359 g/mol. The Balaban J connectivity index is 1.34. The number of aryl methyl sites for hydroxylation is 1. The zero-order chi connectivity index (χ0) is 18.4. The Hall–Kier alpha value is -2.53. The second-order valence-electron chi connectivity index (χ2n) is 7.89. The van der Waals surface area contributed by atoms with E-state index in [1.54, 1.807) is 0 Å². The standard InChI is InChI=1S/C22H25N5/c1-15-5-3-4-6-21(15)27-16(2)18(12-24-27)13-26-10-9-20-19(14-26)11-23-22(25-20)17-7-8-17/h3-6,11-12,17H,7-10,13-14H2,1-2H3. The molecular formula is C22H25N5. The Kier molecular flexibility index (Phi) is 4.05. The van der Waals surface area contributed by atoms with Crippen LogP contribution in [0.2, 0.25) is 0 Å². The third-order valence-corrected chi connectivity index (χ3v) is 5.82. The van der Waals surface area contributed by atoms with Crippen LogP contribution in [-0.2, 0) is 19.5 Å². The van der Waals surface area contributed by atoms with E-state index in [0.717, 1.165) is 37.6 Å². The summed E-state index contributed by atoms with van der Waals surface area (Å²) in [5.74, 6) is 1.70. The van der Waals surface area contributed by atoms with Crippen molar-refractivity contribution in [2.45, 2.75) is 52.1 Å².